The van der Waals surface area contributed by atoms with E-state index in [9.17, 15) is 9.18 Å². The van der Waals surface area contributed by atoms with Crippen LogP contribution in [0.4, 0.5) is 10.1 Å². The first-order valence-electron chi connectivity index (χ1n) is 11.8. The minimum absolute atomic E-state index is 0.261. The minimum atomic E-state index is -0.692. The summed E-state index contributed by atoms with van der Waals surface area (Å²) >= 11 is 6.39. The van der Waals surface area contributed by atoms with E-state index in [1.54, 1.807) is 12.3 Å². The molecule has 7 rings (SSSR count). The number of hydrogen-bond donors (Lipinski definition) is 1. The van der Waals surface area contributed by atoms with E-state index < -0.39 is 17.3 Å². The van der Waals surface area contributed by atoms with E-state index in [0.29, 0.717) is 40.9 Å². The van der Waals surface area contributed by atoms with Crippen LogP contribution < -0.4 is 5.32 Å². The normalized spacial score (nSPS) is 20.9. The molecule has 186 valence electrons. The molecule has 1 N–H and O–H groups in total. The molecule has 2 atom stereocenters. The Labute approximate surface area is 214 Å². The molecule has 1 fully saturated rings. The fourth-order valence-corrected chi connectivity index (χ4v) is 5.42. The van der Waals surface area contributed by atoms with Crippen molar-refractivity contribution in [1.29, 1.82) is 0 Å². The van der Waals surface area contributed by atoms with Crippen molar-refractivity contribution in [3.8, 4) is 5.82 Å². The van der Waals surface area contributed by atoms with Gasteiger partial charge in [-0.1, -0.05) is 11.6 Å². The molecule has 0 aromatic carbocycles. The van der Waals surface area contributed by atoms with Crippen LogP contribution in [0, 0.1) is 5.95 Å². The molecule has 0 spiro atoms. The molecular formula is C24H20ClFN10O. The smallest absolute Gasteiger partial charge is 0.235 e. The van der Waals surface area contributed by atoms with Crippen LogP contribution in [0.15, 0.2) is 49.2 Å². The highest BCUT2D eigenvalue weighted by Crippen LogP contribution is 2.50. The monoisotopic (exact) mass is 518 g/mol. The number of aromatic nitrogens is 9. The lowest BCUT2D eigenvalue weighted by molar-refractivity contribution is -0.117. The second-order valence-corrected chi connectivity index (χ2v) is 10.0. The summed E-state index contributed by atoms with van der Waals surface area (Å²) in [6.07, 6.45) is 10.8. The van der Waals surface area contributed by atoms with E-state index in [-0.39, 0.29) is 10.9 Å². The molecule has 13 heteroatoms. The van der Waals surface area contributed by atoms with Crippen LogP contribution in [0.1, 0.15) is 55.1 Å². The quantitative estimate of drug-likeness (QED) is 0.378. The average Bonchev–Trinajstić information content (AvgIpc) is 3.26. The number of fused-ring (bicyclic) bond motifs is 3. The molecule has 0 bridgehead atoms. The standard InChI is InChI=1S/C24H20ClFN10O/c1-24(18-4-7-34(32-18)14-2-3-14)10-15(16-12-27-20-9-19(26)33-35(20)21(16)24)23(37)31-13-8-17(25)22(28-11-13)36-29-5-6-30-36/h4-9,11-12,14-15H,2-3,10H2,1H3,(H,31,37)/t15-,24-/m0/s1. The Morgan fingerprint density at radius 3 is 2.73 bits per heavy atom. The first-order valence-corrected chi connectivity index (χ1v) is 12.2. The zero-order valence-corrected chi connectivity index (χ0v) is 20.3. The average molecular weight is 519 g/mol. The predicted octanol–water partition coefficient (Wildman–Crippen LogP) is 3.46. The van der Waals surface area contributed by atoms with Gasteiger partial charge in [0, 0.05) is 24.0 Å². The van der Waals surface area contributed by atoms with Crippen LogP contribution in [0.2, 0.25) is 5.02 Å². The van der Waals surface area contributed by atoms with Crippen LogP contribution in [-0.4, -0.2) is 50.3 Å². The number of pyridine rings is 1. The van der Waals surface area contributed by atoms with Crippen molar-refractivity contribution in [2.75, 3.05) is 5.32 Å². The second kappa shape index (κ2) is 7.90. The second-order valence-electron chi connectivity index (χ2n) is 9.64. The van der Waals surface area contributed by atoms with Crippen molar-refractivity contribution in [3.63, 3.8) is 0 Å². The molecule has 11 nitrogen and oxygen atoms in total. The number of nitrogens with zero attached hydrogens (tertiary/aromatic N) is 9. The Bertz CT molecular complexity index is 1670. The molecule has 1 saturated carbocycles. The van der Waals surface area contributed by atoms with Gasteiger partial charge in [-0.2, -0.15) is 19.7 Å². The summed E-state index contributed by atoms with van der Waals surface area (Å²) in [5, 5.41) is 20.2. The molecule has 0 saturated heterocycles. The van der Waals surface area contributed by atoms with Crippen LogP contribution >= 0.6 is 11.6 Å². The van der Waals surface area contributed by atoms with E-state index in [1.807, 2.05) is 23.9 Å². The third-order valence-electron chi connectivity index (χ3n) is 7.10. The molecular weight excluding hydrogens is 499 g/mol. The molecule has 2 aliphatic carbocycles. The molecule has 37 heavy (non-hydrogen) atoms. The largest absolute Gasteiger partial charge is 0.324 e. The van der Waals surface area contributed by atoms with Crippen molar-refractivity contribution in [2.24, 2.45) is 0 Å². The van der Waals surface area contributed by atoms with Crippen molar-refractivity contribution in [1.82, 2.24) is 44.4 Å². The fourth-order valence-electron chi connectivity index (χ4n) is 5.18. The van der Waals surface area contributed by atoms with Crippen molar-refractivity contribution < 1.29 is 9.18 Å². The number of hydrogen-bond acceptors (Lipinski definition) is 7. The van der Waals surface area contributed by atoms with Gasteiger partial charge in [-0.05, 0) is 38.3 Å². The van der Waals surface area contributed by atoms with Crippen LogP contribution in [0.3, 0.4) is 0 Å². The van der Waals surface area contributed by atoms with E-state index in [2.05, 4.69) is 30.6 Å². The highest BCUT2D eigenvalue weighted by molar-refractivity contribution is 6.32. The summed E-state index contributed by atoms with van der Waals surface area (Å²) < 4.78 is 17.6. The first-order chi connectivity index (χ1) is 17.9. The molecule has 0 aliphatic heterocycles. The summed E-state index contributed by atoms with van der Waals surface area (Å²) in [5.74, 6) is -1.13. The Morgan fingerprint density at radius 1 is 1.16 bits per heavy atom. The molecule has 0 radical (unpaired) electrons. The lowest BCUT2D eigenvalue weighted by Gasteiger charge is -2.23. The van der Waals surface area contributed by atoms with Gasteiger partial charge in [-0.25, -0.2) is 14.5 Å². The molecule has 2 aliphatic rings. The number of rotatable bonds is 5. The van der Waals surface area contributed by atoms with Gasteiger partial charge in [0.1, 0.15) is 0 Å². The van der Waals surface area contributed by atoms with E-state index in [4.69, 9.17) is 16.7 Å². The molecule has 0 unspecified atom stereocenters. The zero-order valence-electron chi connectivity index (χ0n) is 19.6. The maximum Gasteiger partial charge on any atom is 0.235 e. The SMILES string of the molecule is C[C@@]1(c2ccn(C3CC3)n2)C[C@H](C(=O)Nc2cnc(-n3nccn3)c(Cl)c2)c2cnc3cc(F)nn3c21. The van der Waals surface area contributed by atoms with E-state index in [0.717, 1.165) is 18.5 Å². The fraction of sp³-hybridized carbons (Fsp3) is 0.292. The Balaban J connectivity index is 1.26. The Kier molecular flexibility index (Phi) is 4.71. The summed E-state index contributed by atoms with van der Waals surface area (Å²) in [6.45, 7) is 2.02. The summed E-state index contributed by atoms with van der Waals surface area (Å²) in [7, 11) is 0. The summed E-state index contributed by atoms with van der Waals surface area (Å²) in [6, 6.07) is 5.26. The van der Waals surface area contributed by atoms with Gasteiger partial charge >= 0.3 is 0 Å². The topological polar surface area (TPSA) is 121 Å². The van der Waals surface area contributed by atoms with Gasteiger partial charge in [0.25, 0.3) is 0 Å². The van der Waals surface area contributed by atoms with Crippen LogP contribution in [0.5, 0.6) is 0 Å². The lowest BCUT2D eigenvalue weighted by atomic mass is 9.82. The van der Waals surface area contributed by atoms with E-state index >= 15 is 0 Å². The van der Waals surface area contributed by atoms with Crippen LogP contribution in [-0.2, 0) is 10.2 Å². The Hall–Kier alpha value is -4.19. The zero-order chi connectivity index (χ0) is 25.3. The number of amides is 1. The molecule has 5 aromatic heterocycles. The number of anilines is 1. The van der Waals surface area contributed by atoms with Crippen molar-refractivity contribution in [3.05, 3.63) is 77.1 Å². The number of carbonyl (C=O) groups is 1. The highest BCUT2D eigenvalue weighted by atomic mass is 35.5. The maximum atomic E-state index is 14.2. The third kappa shape index (κ3) is 3.50. The maximum absolute atomic E-state index is 14.2. The first kappa shape index (κ1) is 22.0. The highest BCUT2D eigenvalue weighted by Gasteiger charge is 2.48. The third-order valence-corrected chi connectivity index (χ3v) is 7.38. The molecule has 1 amide bonds. The van der Waals surface area contributed by atoms with Crippen LogP contribution in [0.25, 0.3) is 11.5 Å². The van der Waals surface area contributed by atoms with Gasteiger partial charge in [0.05, 0.1) is 58.1 Å². The molecule has 5 aromatic rings. The van der Waals surface area contributed by atoms with Gasteiger partial charge in [-0.3, -0.25) is 9.48 Å². The lowest BCUT2D eigenvalue weighted by Crippen LogP contribution is -2.26. The number of nitrogens with one attached hydrogen (secondary N) is 1. The van der Waals surface area contributed by atoms with Crippen molar-refractivity contribution >= 4 is 28.8 Å². The van der Waals surface area contributed by atoms with Gasteiger partial charge in [0.15, 0.2) is 11.5 Å². The van der Waals surface area contributed by atoms with E-state index in [1.165, 1.54) is 34.0 Å². The summed E-state index contributed by atoms with van der Waals surface area (Å²) in [5.41, 5.74) is 2.30. The molecule has 5 heterocycles. The van der Waals surface area contributed by atoms with Gasteiger partial charge in [0.2, 0.25) is 11.9 Å². The number of halogens is 2. The Morgan fingerprint density at radius 2 is 1.97 bits per heavy atom. The van der Waals surface area contributed by atoms with Gasteiger partial charge < -0.3 is 5.32 Å². The predicted molar refractivity (Wildman–Crippen MR) is 130 cm³/mol. The summed E-state index contributed by atoms with van der Waals surface area (Å²) in [4.78, 5) is 23.6. The van der Waals surface area contributed by atoms with Gasteiger partial charge in [-0.15, -0.1) is 9.90 Å². The number of carbonyl (C=O) groups excluding carboxylic acids is 1. The van der Waals surface area contributed by atoms with Crippen molar-refractivity contribution in [2.45, 2.75) is 43.6 Å². The minimum Gasteiger partial charge on any atom is -0.324 e.